The van der Waals surface area contributed by atoms with Crippen molar-refractivity contribution in [2.24, 2.45) is 0 Å². The summed E-state index contributed by atoms with van der Waals surface area (Å²) in [6.07, 6.45) is 1.63. The molecule has 0 bridgehead atoms. The first kappa shape index (κ1) is 10.9. The second kappa shape index (κ2) is 4.96. The van der Waals surface area contributed by atoms with Crippen LogP contribution in [0.1, 0.15) is 4.88 Å². The Morgan fingerprint density at radius 3 is 2.87 bits per heavy atom. The van der Waals surface area contributed by atoms with Crippen LogP contribution in [0, 0.1) is 0 Å². The highest BCUT2D eigenvalue weighted by molar-refractivity contribution is 9.10. The summed E-state index contributed by atoms with van der Waals surface area (Å²) < 4.78 is 1.13. The number of nitrogens with zero attached hydrogens (tertiary/aromatic N) is 1. The first-order valence-electron chi connectivity index (χ1n) is 4.33. The number of pyridine rings is 1. The van der Waals surface area contributed by atoms with Gasteiger partial charge in [-0.05, 0) is 39.5 Å². The van der Waals surface area contributed by atoms with Crippen molar-refractivity contribution in [3.05, 3.63) is 44.1 Å². The summed E-state index contributed by atoms with van der Waals surface area (Å²) in [5, 5.41) is 5.93. The first-order valence-corrected chi connectivity index (χ1v) is 6.38. The van der Waals surface area contributed by atoms with E-state index in [0.717, 1.165) is 16.8 Å². The lowest BCUT2D eigenvalue weighted by molar-refractivity contribution is 1.13. The Hall–Kier alpha value is -0.580. The predicted molar refractivity (Wildman–Crippen MR) is 68.6 cm³/mol. The molecular formula is C10H8BrClN2S. The molecule has 0 aliphatic heterocycles. The Balaban J connectivity index is 1.99. The fourth-order valence-electron chi connectivity index (χ4n) is 1.10. The minimum Gasteiger partial charge on any atom is -0.365 e. The van der Waals surface area contributed by atoms with Crippen LogP contribution in [0.4, 0.5) is 5.82 Å². The smallest absolute Gasteiger partial charge is 0.126 e. The zero-order valence-electron chi connectivity index (χ0n) is 7.71. The lowest BCUT2D eigenvalue weighted by Crippen LogP contribution is -1.99. The van der Waals surface area contributed by atoms with E-state index in [2.05, 4.69) is 31.6 Å². The summed E-state index contributed by atoms with van der Waals surface area (Å²) in [7, 11) is 0. The van der Waals surface area contributed by atoms with E-state index in [9.17, 15) is 0 Å². The molecule has 78 valence electrons. The summed E-state index contributed by atoms with van der Waals surface area (Å²) in [4.78, 5) is 5.41. The highest BCUT2D eigenvalue weighted by Crippen LogP contribution is 2.23. The van der Waals surface area contributed by atoms with Crippen molar-refractivity contribution >= 4 is 44.7 Å². The molecule has 0 spiro atoms. The third-order valence-corrected chi connectivity index (χ3v) is 4.00. The third kappa shape index (κ3) is 2.93. The van der Waals surface area contributed by atoms with E-state index in [1.165, 1.54) is 4.88 Å². The standard InChI is InChI=1S/C10H8BrClN2S/c11-8-3-4-15-9(8)6-14-10-2-1-7(12)5-13-10/h1-5H,6H2,(H,13,14). The lowest BCUT2D eigenvalue weighted by Gasteiger charge is -2.03. The van der Waals surface area contributed by atoms with Crippen molar-refractivity contribution in [2.45, 2.75) is 6.54 Å². The molecule has 2 nitrogen and oxygen atoms in total. The summed E-state index contributed by atoms with van der Waals surface area (Å²) in [5.74, 6) is 0.833. The number of halogens is 2. The zero-order chi connectivity index (χ0) is 10.7. The van der Waals surface area contributed by atoms with Crippen molar-refractivity contribution in [1.29, 1.82) is 0 Å². The molecule has 2 aromatic heterocycles. The number of hydrogen-bond acceptors (Lipinski definition) is 3. The Morgan fingerprint density at radius 2 is 2.27 bits per heavy atom. The van der Waals surface area contributed by atoms with Crippen molar-refractivity contribution in [1.82, 2.24) is 4.98 Å². The highest BCUT2D eigenvalue weighted by atomic mass is 79.9. The molecule has 2 aromatic rings. The van der Waals surface area contributed by atoms with Gasteiger partial charge in [-0.25, -0.2) is 4.98 Å². The van der Waals surface area contributed by atoms with Gasteiger partial charge < -0.3 is 5.32 Å². The van der Waals surface area contributed by atoms with E-state index >= 15 is 0 Å². The normalized spacial score (nSPS) is 10.3. The molecule has 0 aromatic carbocycles. The fraction of sp³-hybridized carbons (Fsp3) is 0.100. The fourth-order valence-corrected chi connectivity index (χ4v) is 2.65. The van der Waals surface area contributed by atoms with Crippen LogP contribution in [0.15, 0.2) is 34.2 Å². The maximum Gasteiger partial charge on any atom is 0.126 e. The molecule has 0 atom stereocenters. The SMILES string of the molecule is Clc1ccc(NCc2sccc2Br)nc1. The van der Waals surface area contributed by atoms with Gasteiger partial charge in [0.2, 0.25) is 0 Å². The van der Waals surface area contributed by atoms with Crippen LogP contribution >= 0.6 is 38.9 Å². The number of rotatable bonds is 3. The molecule has 0 saturated heterocycles. The van der Waals surface area contributed by atoms with Crippen LogP contribution in [0.5, 0.6) is 0 Å². The van der Waals surface area contributed by atoms with Gasteiger partial charge in [0.05, 0.1) is 11.6 Å². The van der Waals surface area contributed by atoms with Crippen molar-refractivity contribution in [2.75, 3.05) is 5.32 Å². The molecule has 2 heterocycles. The maximum absolute atomic E-state index is 5.74. The van der Waals surface area contributed by atoms with E-state index in [1.807, 2.05) is 18.2 Å². The summed E-state index contributed by atoms with van der Waals surface area (Å²) in [5.41, 5.74) is 0. The number of nitrogens with one attached hydrogen (secondary N) is 1. The molecule has 0 amide bonds. The number of hydrogen-bond donors (Lipinski definition) is 1. The number of aromatic nitrogens is 1. The highest BCUT2D eigenvalue weighted by Gasteiger charge is 2.01. The van der Waals surface area contributed by atoms with Crippen LogP contribution in [0.3, 0.4) is 0 Å². The minimum atomic E-state index is 0.651. The van der Waals surface area contributed by atoms with Crippen LogP contribution in [-0.2, 0) is 6.54 Å². The molecule has 0 fully saturated rings. The van der Waals surface area contributed by atoms with Crippen LogP contribution in [0.2, 0.25) is 5.02 Å². The van der Waals surface area contributed by atoms with E-state index in [4.69, 9.17) is 11.6 Å². The quantitative estimate of drug-likeness (QED) is 0.920. The summed E-state index contributed by atoms with van der Waals surface area (Å²) in [6.45, 7) is 0.771. The molecule has 0 unspecified atom stereocenters. The molecule has 0 radical (unpaired) electrons. The Labute approximate surface area is 105 Å². The Morgan fingerprint density at radius 1 is 1.40 bits per heavy atom. The van der Waals surface area contributed by atoms with Crippen LogP contribution in [0.25, 0.3) is 0 Å². The zero-order valence-corrected chi connectivity index (χ0v) is 10.9. The molecule has 0 aliphatic carbocycles. The lowest BCUT2D eigenvalue weighted by atomic mass is 10.4. The largest absolute Gasteiger partial charge is 0.365 e. The van der Waals surface area contributed by atoms with Gasteiger partial charge in [-0.2, -0.15) is 0 Å². The molecule has 15 heavy (non-hydrogen) atoms. The number of anilines is 1. The van der Waals surface area contributed by atoms with Crippen molar-refractivity contribution in [3.8, 4) is 0 Å². The van der Waals surface area contributed by atoms with Crippen molar-refractivity contribution in [3.63, 3.8) is 0 Å². The van der Waals surface area contributed by atoms with Gasteiger partial charge in [-0.1, -0.05) is 11.6 Å². The molecule has 2 rings (SSSR count). The maximum atomic E-state index is 5.74. The Bertz CT molecular complexity index is 441. The van der Waals surface area contributed by atoms with Gasteiger partial charge in [-0.3, -0.25) is 0 Å². The second-order valence-electron chi connectivity index (χ2n) is 2.91. The Kier molecular flexibility index (Phi) is 3.61. The molecular weight excluding hydrogens is 296 g/mol. The van der Waals surface area contributed by atoms with Gasteiger partial charge in [0.15, 0.2) is 0 Å². The van der Waals surface area contributed by atoms with Crippen LogP contribution < -0.4 is 5.32 Å². The molecule has 5 heteroatoms. The minimum absolute atomic E-state index is 0.651. The summed E-state index contributed by atoms with van der Waals surface area (Å²) in [6, 6.07) is 5.72. The second-order valence-corrected chi connectivity index (χ2v) is 5.20. The average Bonchev–Trinajstić information content (AvgIpc) is 2.63. The van der Waals surface area contributed by atoms with E-state index in [1.54, 1.807) is 17.5 Å². The van der Waals surface area contributed by atoms with E-state index < -0.39 is 0 Å². The van der Waals surface area contributed by atoms with Crippen LogP contribution in [-0.4, -0.2) is 4.98 Å². The molecule has 0 aliphatic rings. The topological polar surface area (TPSA) is 24.9 Å². The van der Waals surface area contributed by atoms with Gasteiger partial charge >= 0.3 is 0 Å². The van der Waals surface area contributed by atoms with E-state index in [-0.39, 0.29) is 0 Å². The summed E-state index contributed by atoms with van der Waals surface area (Å²) >= 11 is 10.9. The molecule has 0 saturated carbocycles. The third-order valence-electron chi connectivity index (χ3n) is 1.85. The average molecular weight is 304 g/mol. The van der Waals surface area contributed by atoms with Gasteiger partial charge in [-0.15, -0.1) is 11.3 Å². The predicted octanol–water partition coefficient (Wildman–Crippen LogP) is 4.17. The van der Waals surface area contributed by atoms with Gasteiger partial charge in [0.1, 0.15) is 5.82 Å². The monoisotopic (exact) mass is 302 g/mol. The molecule has 1 N–H and O–H groups in total. The van der Waals surface area contributed by atoms with Crippen molar-refractivity contribution < 1.29 is 0 Å². The number of thiophene rings is 1. The first-order chi connectivity index (χ1) is 7.25. The van der Waals surface area contributed by atoms with E-state index in [0.29, 0.717) is 5.02 Å². The van der Waals surface area contributed by atoms with Gasteiger partial charge in [0.25, 0.3) is 0 Å². The van der Waals surface area contributed by atoms with Gasteiger partial charge in [0, 0.05) is 15.5 Å².